The average Bonchev–Trinajstić information content (AvgIpc) is 2.40. The fourth-order valence-electron chi connectivity index (χ4n) is 2.63. The number of rotatable bonds is 3. The van der Waals surface area contributed by atoms with E-state index in [1.807, 2.05) is 30.1 Å². The summed E-state index contributed by atoms with van der Waals surface area (Å²) in [6.07, 6.45) is 1.89. The van der Waals surface area contributed by atoms with Gasteiger partial charge in [-0.2, -0.15) is 0 Å². The Morgan fingerprint density at radius 1 is 1.47 bits per heavy atom. The van der Waals surface area contributed by atoms with E-state index in [-0.39, 0.29) is 11.8 Å². The van der Waals surface area contributed by atoms with Crippen LogP contribution in [0.15, 0.2) is 28.7 Å². The summed E-state index contributed by atoms with van der Waals surface area (Å²) < 4.78 is 1.06. The number of piperidine rings is 1. The fourth-order valence-corrected chi connectivity index (χ4v) is 3.04. The molecule has 1 aromatic rings. The molecule has 1 amide bonds. The number of halogens is 1. The minimum Gasteiger partial charge on any atom is -0.341 e. The Morgan fingerprint density at radius 3 is 2.89 bits per heavy atom. The van der Waals surface area contributed by atoms with Crippen LogP contribution in [0.25, 0.3) is 0 Å². The first-order valence-corrected chi connectivity index (χ1v) is 7.59. The number of nitrogens with one attached hydrogen (secondary N) is 1. The smallest absolute Gasteiger partial charge is 0.225 e. The molecule has 1 aliphatic rings. The summed E-state index contributed by atoms with van der Waals surface area (Å²) in [5.41, 5.74) is 1.15. The van der Waals surface area contributed by atoms with Gasteiger partial charge < -0.3 is 10.2 Å². The molecule has 0 unspecified atom stereocenters. The third kappa shape index (κ3) is 3.80. The van der Waals surface area contributed by atoms with Gasteiger partial charge in [-0.3, -0.25) is 4.79 Å². The fraction of sp³-hybridized carbons (Fsp3) is 0.533. The molecule has 19 heavy (non-hydrogen) atoms. The Bertz CT molecular complexity index is 450. The summed E-state index contributed by atoms with van der Waals surface area (Å²) in [5.74, 6) is 0.438. The van der Waals surface area contributed by atoms with Crippen molar-refractivity contribution in [1.82, 2.24) is 10.2 Å². The predicted molar refractivity (Wildman–Crippen MR) is 80.8 cm³/mol. The summed E-state index contributed by atoms with van der Waals surface area (Å²) in [4.78, 5) is 14.3. The van der Waals surface area contributed by atoms with E-state index in [1.165, 1.54) is 0 Å². The molecule has 1 fully saturated rings. The van der Waals surface area contributed by atoms with Gasteiger partial charge in [0.25, 0.3) is 0 Å². The van der Waals surface area contributed by atoms with E-state index < -0.39 is 0 Å². The van der Waals surface area contributed by atoms with Gasteiger partial charge >= 0.3 is 0 Å². The first kappa shape index (κ1) is 14.5. The van der Waals surface area contributed by atoms with Crippen LogP contribution < -0.4 is 5.32 Å². The lowest BCUT2D eigenvalue weighted by molar-refractivity contribution is -0.135. The van der Waals surface area contributed by atoms with E-state index >= 15 is 0 Å². The normalized spacial score (nSPS) is 23.1. The molecule has 2 rings (SSSR count). The first-order chi connectivity index (χ1) is 9.08. The summed E-state index contributed by atoms with van der Waals surface area (Å²) >= 11 is 3.53. The Balaban J connectivity index is 1.97. The molecule has 0 radical (unpaired) electrons. The second-order valence-corrected chi connectivity index (χ2v) is 6.22. The average molecular weight is 325 g/mol. The molecular weight excluding hydrogens is 304 g/mol. The maximum atomic E-state index is 12.4. The van der Waals surface area contributed by atoms with Crippen LogP contribution >= 0.6 is 15.9 Å². The lowest BCUT2D eigenvalue weighted by Crippen LogP contribution is -2.42. The number of amides is 1. The predicted octanol–water partition coefficient (Wildman–Crippen LogP) is 2.80. The summed E-state index contributed by atoms with van der Waals surface area (Å²) in [7, 11) is 1.90. The van der Waals surface area contributed by atoms with Gasteiger partial charge in [0.15, 0.2) is 0 Å². The molecule has 0 aromatic heterocycles. The van der Waals surface area contributed by atoms with Gasteiger partial charge in [0.05, 0.1) is 0 Å². The Hall–Kier alpha value is -0.870. The number of carbonyl (C=O) groups is 1. The molecule has 0 bridgehead atoms. The molecule has 0 spiro atoms. The second kappa shape index (κ2) is 6.53. The number of hydrogen-bond donors (Lipinski definition) is 1. The quantitative estimate of drug-likeness (QED) is 0.927. The van der Waals surface area contributed by atoms with Crippen molar-refractivity contribution in [3.05, 3.63) is 34.3 Å². The number of benzene rings is 1. The summed E-state index contributed by atoms with van der Waals surface area (Å²) in [6.45, 7) is 3.76. The SMILES string of the molecule is C[C@H]1C[C@@H](C(=O)N(C)Cc2ccccc2Br)CCN1. The highest BCUT2D eigenvalue weighted by molar-refractivity contribution is 9.10. The topological polar surface area (TPSA) is 32.3 Å². The van der Waals surface area contributed by atoms with Crippen LogP contribution in [0.4, 0.5) is 0 Å². The Kier molecular flexibility index (Phi) is 4.99. The van der Waals surface area contributed by atoms with E-state index in [2.05, 4.69) is 34.2 Å². The minimum absolute atomic E-state index is 0.170. The van der Waals surface area contributed by atoms with Gasteiger partial charge in [0.2, 0.25) is 5.91 Å². The van der Waals surface area contributed by atoms with E-state index in [1.54, 1.807) is 0 Å². The highest BCUT2D eigenvalue weighted by Crippen LogP contribution is 2.21. The number of carbonyl (C=O) groups excluding carboxylic acids is 1. The third-order valence-electron chi connectivity index (χ3n) is 3.71. The van der Waals surface area contributed by atoms with Crippen LogP contribution in [-0.4, -0.2) is 30.4 Å². The molecule has 2 atom stereocenters. The molecule has 0 aliphatic carbocycles. The van der Waals surface area contributed by atoms with Crippen LogP contribution in [0.2, 0.25) is 0 Å². The minimum atomic E-state index is 0.170. The molecule has 1 saturated heterocycles. The zero-order valence-electron chi connectivity index (χ0n) is 11.5. The van der Waals surface area contributed by atoms with Gasteiger partial charge in [0.1, 0.15) is 0 Å². The van der Waals surface area contributed by atoms with Crippen molar-refractivity contribution in [1.29, 1.82) is 0 Å². The van der Waals surface area contributed by atoms with Crippen molar-refractivity contribution in [2.24, 2.45) is 5.92 Å². The maximum absolute atomic E-state index is 12.4. The van der Waals surface area contributed by atoms with Crippen molar-refractivity contribution in [3.8, 4) is 0 Å². The van der Waals surface area contributed by atoms with E-state index in [0.29, 0.717) is 12.6 Å². The third-order valence-corrected chi connectivity index (χ3v) is 4.49. The van der Waals surface area contributed by atoms with Gasteiger partial charge in [-0.15, -0.1) is 0 Å². The number of hydrogen-bond acceptors (Lipinski definition) is 2. The maximum Gasteiger partial charge on any atom is 0.225 e. The van der Waals surface area contributed by atoms with Gasteiger partial charge in [-0.1, -0.05) is 34.1 Å². The van der Waals surface area contributed by atoms with E-state index in [4.69, 9.17) is 0 Å². The molecule has 0 saturated carbocycles. The van der Waals surface area contributed by atoms with Gasteiger partial charge in [-0.25, -0.2) is 0 Å². The zero-order chi connectivity index (χ0) is 13.8. The van der Waals surface area contributed by atoms with Crippen molar-refractivity contribution in [3.63, 3.8) is 0 Å². The van der Waals surface area contributed by atoms with Crippen molar-refractivity contribution >= 4 is 21.8 Å². The van der Waals surface area contributed by atoms with Crippen LogP contribution in [0.3, 0.4) is 0 Å². The van der Waals surface area contributed by atoms with Gasteiger partial charge in [-0.05, 0) is 37.9 Å². The van der Waals surface area contributed by atoms with Crippen LogP contribution in [-0.2, 0) is 11.3 Å². The van der Waals surface area contributed by atoms with E-state index in [9.17, 15) is 4.79 Å². The molecule has 4 heteroatoms. The van der Waals surface area contributed by atoms with Crippen molar-refractivity contribution < 1.29 is 4.79 Å². The van der Waals surface area contributed by atoms with Crippen molar-refractivity contribution in [2.75, 3.05) is 13.6 Å². The standard InChI is InChI=1S/C15H21BrN2O/c1-11-9-12(7-8-17-11)15(19)18(2)10-13-5-3-4-6-14(13)16/h3-6,11-12,17H,7-10H2,1-2H3/t11-,12-/m0/s1. The Labute approximate surface area is 123 Å². The molecule has 1 N–H and O–H groups in total. The zero-order valence-corrected chi connectivity index (χ0v) is 13.1. The lowest BCUT2D eigenvalue weighted by atomic mass is 9.92. The Morgan fingerprint density at radius 2 is 2.21 bits per heavy atom. The summed E-state index contributed by atoms with van der Waals surface area (Å²) in [6, 6.07) is 8.51. The van der Waals surface area contributed by atoms with Crippen LogP contribution in [0, 0.1) is 5.92 Å². The largest absolute Gasteiger partial charge is 0.341 e. The molecule has 104 valence electrons. The molecule has 1 aliphatic heterocycles. The molecule has 1 heterocycles. The molecule has 3 nitrogen and oxygen atoms in total. The first-order valence-electron chi connectivity index (χ1n) is 6.79. The van der Waals surface area contributed by atoms with Crippen LogP contribution in [0.5, 0.6) is 0 Å². The monoisotopic (exact) mass is 324 g/mol. The highest BCUT2D eigenvalue weighted by Gasteiger charge is 2.27. The molecular formula is C15H21BrN2O. The van der Waals surface area contributed by atoms with Crippen molar-refractivity contribution in [2.45, 2.75) is 32.4 Å². The van der Waals surface area contributed by atoms with Crippen LogP contribution in [0.1, 0.15) is 25.3 Å². The number of nitrogens with zero attached hydrogens (tertiary/aromatic N) is 1. The summed E-state index contributed by atoms with van der Waals surface area (Å²) in [5, 5.41) is 3.39. The highest BCUT2D eigenvalue weighted by atomic mass is 79.9. The molecule has 1 aromatic carbocycles. The lowest BCUT2D eigenvalue weighted by Gasteiger charge is -2.30. The van der Waals surface area contributed by atoms with Gasteiger partial charge in [0, 0.05) is 30.0 Å². The second-order valence-electron chi connectivity index (χ2n) is 5.36. The van der Waals surface area contributed by atoms with E-state index in [0.717, 1.165) is 29.4 Å².